The lowest BCUT2D eigenvalue weighted by molar-refractivity contribution is -0.133. The summed E-state index contributed by atoms with van der Waals surface area (Å²) in [4.78, 5) is 23.9. The van der Waals surface area contributed by atoms with Crippen LogP contribution in [0.3, 0.4) is 0 Å². The molecule has 0 unspecified atom stereocenters. The van der Waals surface area contributed by atoms with E-state index in [-0.39, 0.29) is 5.91 Å². The molecular weight excluding hydrogens is 398 g/mol. The minimum Gasteiger partial charge on any atom is -0.368 e. The molecule has 30 heavy (non-hydrogen) atoms. The van der Waals surface area contributed by atoms with E-state index >= 15 is 0 Å². The van der Waals surface area contributed by atoms with Crippen molar-refractivity contribution in [3.05, 3.63) is 47.5 Å². The zero-order valence-corrected chi connectivity index (χ0v) is 18.6. The lowest BCUT2D eigenvalue weighted by Gasteiger charge is -2.38. The molecule has 0 atom stereocenters. The highest BCUT2D eigenvalue weighted by Gasteiger charge is 2.26. The number of amides is 1. The van der Waals surface area contributed by atoms with Crippen LogP contribution in [0.4, 0.5) is 5.69 Å². The Balaban J connectivity index is 1.19. The number of piperazine rings is 1. The summed E-state index contributed by atoms with van der Waals surface area (Å²) >= 11 is 5.99. The lowest BCUT2D eigenvalue weighted by atomic mass is 9.96. The van der Waals surface area contributed by atoms with Crippen molar-refractivity contribution in [2.24, 2.45) is 5.92 Å². The number of imidazole rings is 1. The fourth-order valence-corrected chi connectivity index (χ4v) is 4.71. The Morgan fingerprint density at radius 2 is 1.77 bits per heavy atom. The van der Waals surface area contributed by atoms with Crippen LogP contribution in [0.2, 0.25) is 5.02 Å². The lowest BCUT2D eigenvalue weighted by Crippen LogP contribution is -2.52. The van der Waals surface area contributed by atoms with E-state index in [2.05, 4.69) is 44.6 Å². The zero-order chi connectivity index (χ0) is 20.9. The molecule has 4 rings (SSSR count). The normalized spacial score (nSPS) is 18.7. The first-order chi connectivity index (χ1) is 14.6. The first-order valence-corrected chi connectivity index (χ1v) is 11.5. The van der Waals surface area contributed by atoms with Gasteiger partial charge in [-0.2, -0.15) is 0 Å². The van der Waals surface area contributed by atoms with Crippen molar-refractivity contribution in [1.82, 2.24) is 19.4 Å². The molecule has 162 valence electrons. The SMILES string of the molecule is CCc1nccn1CC1CCN(CC(=O)N2CCN(c3ccc(Cl)cc3)CC2)CC1. The third kappa shape index (κ3) is 5.16. The van der Waals surface area contributed by atoms with Crippen molar-refractivity contribution in [1.29, 1.82) is 0 Å². The van der Waals surface area contributed by atoms with Gasteiger partial charge >= 0.3 is 0 Å². The second-order valence-corrected chi connectivity index (χ2v) is 8.85. The number of nitrogens with zero attached hydrogens (tertiary/aromatic N) is 5. The maximum Gasteiger partial charge on any atom is 0.236 e. The average molecular weight is 430 g/mol. The Morgan fingerprint density at radius 3 is 2.43 bits per heavy atom. The molecule has 0 aliphatic carbocycles. The van der Waals surface area contributed by atoms with Gasteiger partial charge in [-0.15, -0.1) is 0 Å². The van der Waals surface area contributed by atoms with E-state index in [1.165, 1.54) is 11.5 Å². The van der Waals surface area contributed by atoms with Crippen LogP contribution in [-0.4, -0.2) is 71.1 Å². The summed E-state index contributed by atoms with van der Waals surface area (Å²) < 4.78 is 2.30. The minimum atomic E-state index is 0.270. The molecule has 2 fully saturated rings. The highest BCUT2D eigenvalue weighted by Crippen LogP contribution is 2.21. The minimum absolute atomic E-state index is 0.270. The van der Waals surface area contributed by atoms with Gasteiger partial charge in [0, 0.05) is 62.2 Å². The van der Waals surface area contributed by atoms with Crippen LogP contribution in [0.5, 0.6) is 0 Å². The standard InChI is InChI=1S/C23H32ClN5O/c1-2-22-25-9-12-29(22)17-19-7-10-26(11-8-19)18-23(30)28-15-13-27(14-16-28)21-5-3-20(24)4-6-21/h3-6,9,12,19H,2,7-8,10-11,13-18H2,1H3. The van der Waals surface area contributed by atoms with Crippen molar-refractivity contribution >= 4 is 23.2 Å². The van der Waals surface area contributed by atoms with Gasteiger partial charge in [-0.05, 0) is 56.1 Å². The van der Waals surface area contributed by atoms with E-state index in [1.807, 2.05) is 23.2 Å². The van der Waals surface area contributed by atoms with E-state index in [9.17, 15) is 4.79 Å². The molecule has 1 aromatic heterocycles. The number of hydrogen-bond acceptors (Lipinski definition) is 4. The molecule has 0 N–H and O–H groups in total. The fourth-order valence-electron chi connectivity index (χ4n) is 4.58. The number of carbonyl (C=O) groups is 1. The number of halogens is 1. The molecule has 0 saturated carbocycles. The van der Waals surface area contributed by atoms with Crippen LogP contribution < -0.4 is 4.90 Å². The van der Waals surface area contributed by atoms with Crippen LogP contribution in [0, 0.1) is 5.92 Å². The highest BCUT2D eigenvalue weighted by atomic mass is 35.5. The van der Waals surface area contributed by atoms with Gasteiger partial charge in [0.25, 0.3) is 0 Å². The van der Waals surface area contributed by atoms with E-state index in [0.717, 1.165) is 70.1 Å². The molecule has 2 aliphatic rings. The maximum atomic E-state index is 12.8. The molecule has 7 heteroatoms. The van der Waals surface area contributed by atoms with E-state index < -0.39 is 0 Å². The maximum absolute atomic E-state index is 12.8. The van der Waals surface area contributed by atoms with Gasteiger partial charge in [-0.3, -0.25) is 9.69 Å². The second-order valence-electron chi connectivity index (χ2n) is 8.41. The van der Waals surface area contributed by atoms with Crippen LogP contribution in [0.15, 0.2) is 36.7 Å². The Hall–Kier alpha value is -2.05. The summed E-state index contributed by atoms with van der Waals surface area (Å²) in [5.41, 5.74) is 1.18. The number of carbonyl (C=O) groups excluding carboxylic acids is 1. The van der Waals surface area contributed by atoms with Gasteiger partial charge < -0.3 is 14.4 Å². The molecule has 0 bridgehead atoms. The van der Waals surface area contributed by atoms with Crippen LogP contribution in [0.25, 0.3) is 0 Å². The van der Waals surface area contributed by atoms with Gasteiger partial charge in [0.05, 0.1) is 6.54 Å². The number of rotatable bonds is 6. The molecule has 1 amide bonds. The van der Waals surface area contributed by atoms with E-state index in [4.69, 9.17) is 11.6 Å². The Kier molecular flexibility index (Phi) is 6.95. The number of likely N-dealkylation sites (tertiary alicyclic amines) is 1. The molecule has 2 aliphatic heterocycles. The highest BCUT2D eigenvalue weighted by molar-refractivity contribution is 6.30. The van der Waals surface area contributed by atoms with Crippen LogP contribution in [0.1, 0.15) is 25.6 Å². The molecule has 6 nitrogen and oxygen atoms in total. The number of benzene rings is 1. The molecule has 0 spiro atoms. The summed E-state index contributed by atoms with van der Waals surface area (Å²) in [6.45, 7) is 9.12. The van der Waals surface area contributed by atoms with Gasteiger partial charge in [0.15, 0.2) is 0 Å². The Labute approximate surface area is 184 Å². The predicted octanol–water partition coefficient (Wildman–Crippen LogP) is 3.16. The number of aromatic nitrogens is 2. The van der Waals surface area contributed by atoms with Crippen LogP contribution in [-0.2, 0) is 17.8 Å². The van der Waals surface area contributed by atoms with Crippen molar-refractivity contribution < 1.29 is 4.79 Å². The van der Waals surface area contributed by atoms with Crippen molar-refractivity contribution in [3.8, 4) is 0 Å². The molecule has 3 heterocycles. The summed E-state index contributed by atoms with van der Waals surface area (Å²) in [7, 11) is 0. The summed E-state index contributed by atoms with van der Waals surface area (Å²) in [6.07, 6.45) is 7.28. The monoisotopic (exact) mass is 429 g/mol. The van der Waals surface area contributed by atoms with Crippen molar-refractivity contribution in [2.75, 3.05) is 50.7 Å². The van der Waals surface area contributed by atoms with E-state index in [1.54, 1.807) is 0 Å². The van der Waals surface area contributed by atoms with Gasteiger partial charge in [0.1, 0.15) is 5.82 Å². The smallest absolute Gasteiger partial charge is 0.236 e. The number of hydrogen-bond donors (Lipinski definition) is 0. The Morgan fingerprint density at radius 1 is 1.07 bits per heavy atom. The van der Waals surface area contributed by atoms with Crippen molar-refractivity contribution in [2.45, 2.75) is 32.7 Å². The molecule has 1 aromatic carbocycles. The second kappa shape index (κ2) is 9.84. The zero-order valence-electron chi connectivity index (χ0n) is 17.8. The summed E-state index contributed by atoms with van der Waals surface area (Å²) in [6, 6.07) is 7.95. The molecule has 2 aromatic rings. The predicted molar refractivity (Wildman–Crippen MR) is 121 cm³/mol. The van der Waals surface area contributed by atoms with Crippen LogP contribution >= 0.6 is 11.6 Å². The first kappa shape index (κ1) is 21.2. The quantitative estimate of drug-likeness (QED) is 0.707. The summed E-state index contributed by atoms with van der Waals surface area (Å²) in [5, 5.41) is 0.757. The average Bonchev–Trinajstić information content (AvgIpc) is 3.23. The topological polar surface area (TPSA) is 44.6 Å². The largest absolute Gasteiger partial charge is 0.368 e. The number of piperidine rings is 1. The van der Waals surface area contributed by atoms with Gasteiger partial charge in [-0.1, -0.05) is 18.5 Å². The summed E-state index contributed by atoms with van der Waals surface area (Å²) in [5.74, 6) is 2.12. The third-order valence-electron chi connectivity index (χ3n) is 6.46. The van der Waals surface area contributed by atoms with Gasteiger partial charge in [0.2, 0.25) is 5.91 Å². The van der Waals surface area contributed by atoms with Crippen molar-refractivity contribution in [3.63, 3.8) is 0 Å². The van der Waals surface area contributed by atoms with E-state index in [0.29, 0.717) is 12.5 Å². The Bertz CT molecular complexity index is 820. The van der Waals surface area contributed by atoms with Gasteiger partial charge in [-0.25, -0.2) is 4.98 Å². The third-order valence-corrected chi connectivity index (χ3v) is 6.71. The number of anilines is 1. The fraction of sp³-hybridized carbons (Fsp3) is 0.565. The first-order valence-electron chi connectivity index (χ1n) is 11.1. The molecular formula is C23H32ClN5O. The number of aryl methyl sites for hydroxylation is 1. The molecule has 2 saturated heterocycles. The molecule has 0 radical (unpaired) electrons.